The molecule has 1 rings (SSSR count). The van der Waals surface area contributed by atoms with Crippen molar-refractivity contribution in [2.45, 2.75) is 26.3 Å². The monoisotopic (exact) mass is 261 g/mol. The first kappa shape index (κ1) is 10.7. The van der Waals surface area contributed by atoms with Gasteiger partial charge in [0.05, 0.1) is 9.35 Å². The van der Waals surface area contributed by atoms with E-state index in [1.165, 1.54) is 11.3 Å². The molecule has 2 nitrogen and oxygen atoms in total. The minimum Gasteiger partial charge on any atom is -0.347 e. The van der Waals surface area contributed by atoms with Crippen LogP contribution in [0, 0.1) is 0 Å². The largest absolute Gasteiger partial charge is 0.347 e. The van der Waals surface area contributed by atoms with Crippen molar-refractivity contribution in [3.8, 4) is 0 Å². The summed E-state index contributed by atoms with van der Waals surface area (Å²) in [5.74, 6) is -0.0272. The number of hydrogen-bond donors (Lipinski definition) is 1. The highest BCUT2D eigenvalue weighted by atomic mass is 79.9. The van der Waals surface area contributed by atoms with Crippen LogP contribution in [-0.4, -0.2) is 11.4 Å². The van der Waals surface area contributed by atoms with Crippen molar-refractivity contribution in [1.82, 2.24) is 5.32 Å². The highest BCUT2D eigenvalue weighted by Crippen LogP contribution is 2.23. The fourth-order valence-corrected chi connectivity index (χ4v) is 2.11. The molecular formula is C9H12BrNOS. The van der Waals surface area contributed by atoms with Crippen LogP contribution in [0.3, 0.4) is 0 Å². The molecule has 0 atom stereocenters. The Kier molecular flexibility index (Phi) is 3.14. The molecule has 0 aliphatic carbocycles. The van der Waals surface area contributed by atoms with Gasteiger partial charge in [0, 0.05) is 5.54 Å². The van der Waals surface area contributed by atoms with Crippen molar-refractivity contribution < 1.29 is 4.79 Å². The molecule has 1 heterocycles. The predicted molar refractivity (Wildman–Crippen MR) is 59.2 cm³/mol. The molecule has 0 saturated heterocycles. The van der Waals surface area contributed by atoms with Crippen molar-refractivity contribution in [3.05, 3.63) is 20.8 Å². The normalized spacial score (nSPS) is 11.4. The van der Waals surface area contributed by atoms with Crippen LogP contribution in [0.5, 0.6) is 0 Å². The third-order valence-corrected chi connectivity index (χ3v) is 3.04. The van der Waals surface area contributed by atoms with Crippen LogP contribution in [0.1, 0.15) is 31.1 Å². The highest BCUT2D eigenvalue weighted by molar-refractivity contribution is 9.11. The first-order chi connectivity index (χ1) is 5.90. The van der Waals surface area contributed by atoms with Crippen molar-refractivity contribution >= 4 is 33.2 Å². The maximum absolute atomic E-state index is 11.6. The van der Waals surface area contributed by atoms with Gasteiger partial charge in [-0.05, 0) is 48.1 Å². The number of hydrogen-bond acceptors (Lipinski definition) is 2. The molecule has 0 saturated carbocycles. The average Bonchev–Trinajstić information content (AvgIpc) is 2.30. The minimum absolute atomic E-state index is 0.0272. The zero-order valence-corrected chi connectivity index (χ0v) is 10.3. The van der Waals surface area contributed by atoms with Gasteiger partial charge in [-0.2, -0.15) is 0 Å². The van der Waals surface area contributed by atoms with Gasteiger partial charge in [-0.1, -0.05) is 0 Å². The number of thiophene rings is 1. The van der Waals surface area contributed by atoms with E-state index in [0.717, 1.165) is 3.79 Å². The summed E-state index contributed by atoms with van der Waals surface area (Å²) in [5.41, 5.74) is 0.526. The molecule has 1 aromatic heterocycles. The lowest BCUT2D eigenvalue weighted by Gasteiger charge is -2.20. The molecule has 0 spiro atoms. The first-order valence-corrected chi connectivity index (χ1v) is 5.63. The van der Waals surface area contributed by atoms with Gasteiger partial charge in [0.2, 0.25) is 0 Å². The van der Waals surface area contributed by atoms with Crippen LogP contribution in [0.2, 0.25) is 0 Å². The minimum atomic E-state index is -0.182. The zero-order valence-electron chi connectivity index (χ0n) is 7.85. The van der Waals surface area contributed by atoms with Gasteiger partial charge in [-0.25, -0.2) is 0 Å². The quantitative estimate of drug-likeness (QED) is 0.828. The van der Waals surface area contributed by atoms with Crippen LogP contribution in [0.4, 0.5) is 0 Å². The molecule has 0 fully saturated rings. The fraction of sp³-hybridized carbons (Fsp3) is 0.444. The molecule has 4 heteroatoms. The summed E-state index contributed by atoms with van der Waals surface area (Å²) in [6, 6.07) is 1.82. The van der Waals surface area contributed by atoms with E-state index in [9.17, 15) is 4.79 Å². The molecule has 0 unspecified atom stereocenters. The van der Waals surface area contributed by atoms with E-state index < -0.39 is 0 Å². The molecule has 1 amide bonds. The van der Waals surface area contributed by atoms with Crippen molar-refractivity contribution in [1.29, 1.82) is 0 Å². The van der Waals surface area contributed by atoms with Crippen LogP contribution >= 0.6 is 27.3 Å². The molecule has 0 aromatic carbocycles. The second-order valence-corrected chi connectivity index (χ2v) is 6.05. The van der Waals surface area contributed by atoms with Crippen LogP contribution < -0.4 is 5.32 Å². The SMILES string of the molecule is CC(C)(C)NC(=O)c1ccsc1Br. The standard InChI is InChI=1S/C9H12BrNOS/c1-9(2,3)11-8(12)6-4-5-13-7(6)10/h4-5H,1-3H3,(H,11,12). The Balaban J connectivity index is 2.76. The van der Waals surface area contributed by atoms with E-state index in [1.807, 2.05) is 32.2 Å². The van der Waals surface area contributed by atoms with E-state index in [-0.39, 0.29) is 11.4 Å². The Morgan fingerprint density at radius 3 is 2.54 bits per heavy atom. The smallest absolute Gasteiger partial charge is 0.253 e. The number of rotatable bonds is 1. The van der Waals surface area contributed by atoms with E-state index in [1.54, 1.807) is 0 Å². The summed E-state index contributed by atoms with van der Waals surface area (Å²) in [5, 5.41) is 4.79. The highest BCUT2D eigenvalue weighted by Gasteiger charge is 2.17. The van der Waals surface area contributed by atoms with Gasteiger partial charge in [-0.15, -0.1) is 11.3 Å². The maximum atomic E-state index is 11.6. The number of nitrogens with one attached hydrogen (secondary N) is 1. The predicted octanol–water partition coefficient (Wildman–Crippen LogP) is 3.04. The molecule has 1 N–H and O–H groups in total. The Bertz CT molecular complexity index is 314. The van der Waals surface area contributed by atoms with Gasteiger partial charge < -0.3 is 5.32 Å². The van der Waals surface area contributed by atoms with Crippen molar-refractivity contribution in [2.75, 3.05) is 0 Å². The molecule has 0 bridgehead atoms. The lowest BCUT2D eigenvalue weighted by Crippen LogP contribution is -2.40. The molecule has 0 radical (unpaired) electrons. The van der Waals surface area contributed by atoms with Gasteiger partial charge in [-0.3, -0.25) is 4.79 Å². The van der Waals surface area contributed by atoms with Gasteiger partial charge >= 0.3 is 0 Å². The maximum Gasteiger partial charge on any atom is 0.253 e. The zero-order chi connectivity index (χ0) is 10.1. The third-order valence-electron chi connectivity index (χ3n) is 1.35. The molecule has 0 aliphatic rings. The summed E-state index contributed by atoms with van der Waals surface area (Å²) in [6.07, 6.45) is 0. The Morgan fingerprint density at radius 2 is 2.15 bits per heavy atom. The van der Waals surface area contributed by atoms with Gasteiger partial charge in [0.1, 0.15) is 0 Å². The van der Waals surface area contributed by atoms with Gasteiger partial charge in [0.25, 0.3) is 5.91 Å². The van der Waals surface area contributed by atoms with E-state index in [0.29, 0.717) is 5.56 Å². The molecular weight excluding hydrogens is 250 g/mol. The van der Waals surface area contributed by atoms with Crippen LogP contribution in [-0.2, 0) is 0 Å². The van der Waals surface area contributed by atoms with Crippen molar-refractivity contribution in [3.63, 3.8) is 0 Å². The summed E-state index contributed by atoms with van der Waals surface area (Å²) >= 11 is 4.85. The summed E-state index contributed by atoms with van der Waals surface area (Å²) in [6.45, 7) is 5.89. The molecule has 0 aliphatic heterocycles. The van der Waals surface area contributed by atoms with Gasteiger partial charge in [0.15, 0.2) is 0 Å². The number of halogens is 1. The summed E-state index contributed by atoms with van der Waals surface area (Å²) in [4.78, 5) is 11.6. The molecule has 13 heavy (non-hydrogen) atoms. The first-order valence-electron chi connectivity index (χ1n) is 3.95. The fourth-order valence-electron chi connectivity index (χ4n) is 0.864. The Hall–Kier alpha value is -0.350. The van der Waals surface area contributed by atoms with E-state index in [4.69, 9.17) is 0 Å². The number of amides is 1. The second-order valence-electron chi connectivity index (χ2n) is 3.81. The Morgan fingerprint density at radius 1 is 1.54 bits per heavy atom. The Labute approximate surface area is 90.5 Å². The van der Waals surface area contributed by atoms with Crippen molar-refractivity contribution in [2.24, 2.45) is 0 Å². The molecule has 72 valence electrons. The lowest BCUT2D eigenvalue weighted by molar-refractivity contribution is 0.0919. The third kappa shape index (κ3) is 3.12. The average molecular weight is 262 g/mol. The topological polar surface area (TPSA) is 29.1 Å². The summed E-state index contributed by atoms with van der Waals surface area (Å²) < 4.78 is 0.884. The van der Waals surface area contributed by atoms with Crippen LogP contribution in [0.25, 0.3) is 0 Å². The van der Waals surface area contributed by atoms with E-state index >= 15 is 0 Å². The molecule has 1 aromatic rings. The van der Waals surface area contributed by atoms with E-state index in [2.05, 4.69) is 21.2 Å². The lowest BCUT2D eigenvalue weighted by atomic mass is 10.1. The number of carbonyl (C=O) groups excluding carboxylic acids is 1. The second kappa shape index (κ2) is 3.80. The summed E-state index contributed by atoms with van der Waals surface area (Å²) in [7, 11) is 0. The number of carbonyl (C=O) groups is 1. The van der Waals surface area contributed by atoms with Crippen LogP contribution in [0.15, 0.2) is 15.2 Å².